The van der Waals surface area contributed by atoms with Crippen molar-refractivity contribution < 1.29 is 4.79 Å². The number of nitrogens with one attached hydrogen (secondary N) is 2. The molecular weight excluding hydrogens is 448 g/mol. The number of aromatic nitrogens is 1. The van der Waals surface area contributed by atoms with Gasteiger partial charge < -0.3 is 10.3 Å². The van der Waals surface area contributed by atoms with Crippen LogP contribution in [0.1, 0.15) is 10.4 Å². The van der Waals surface area contributed by atoms with Gasteiger partial charge in [-0.1, -0.05) is 60.1 Å². The highest BCUT2D eigenvalue weighted by molar-refractivity contribution is 7.98. The molecule has 0 bridgehead atoms. The molecule has 4 aromatic carbocycles. The van der Waals surface area contributed by atoms with E-state index in [9.17, 15) is 4.79 Å². The van der Waals surface area contributed by atoms with Gasteiger partial charge in [-0.05, 0) is 65.9 Å². The van der Waals surface area contributed by atoms with E-state index in [0.717, 1.165) is 38.2 Å². The summed E-state index contributed by atoms with van der Waals surface area (Å²) in [5, 5.41) is 4.79. The van der Waals surface area contributed by atoms with Crippen LogP contribution in [0.2, 0.25) is 5.02 Å². The Balaban J connectivity index is 1.49. The van der Waals surface area contributed by atoms with E-state index in [1.807, 2.05) is 85.1 Å². The number of aromatic amines is 1. The second kappa shape index (κ2) is 9.18. The van der Waals surface area contributed by atoms with Crippen molar-refractivity contribution >= 4 is 45.9 Å². The van der Waals surface area contributed by atoms with Gasteiger partial charge in [0.15, 0.2) is 0 Å². The van der Waals surface area contributed by atoms with Crippen molar-refractivity contribution in [2.24, 2.45) is 0 Å². The zero-order valence-corrected chi connectivity index (χ0v) is 19.5. The Bertz CT molecular complexity index is 1430. The van der Waals surface area contributed by atoms with E-state index in [1.54, 1.807) is 11.8 Å². The first kappa shape index (κ1) is 21.4. The molecule has 0 aliphatic heterocycles. The van der Waals surface area contributed by atoms with Gasteiger partial charge in [0.05, 0.1) is 5.02 Å². The zero-order chi connectivity index (χ0) is 22.8. The fourth-order valence-corrected chi connectivity index (χ4v) is 4.59. The summed E-state index contributed by atoms with van der Waals surface area (Å²) in [6.45, 7) is 0. The fourth-order valence-electron chi connectivity index (χ4n) is 3.93. The lowest BCUT2D eigenvalue weighted by atomic mass is 9.99. The number of amides is 1. The van der Waals surface area contributed by atoms with E-state index in [2.05, 4.69) is 28.5 Å². The molecule has 1 heterocycles. The molecule has 0 saturated carbocycles. The summed E-state index contributed by atoms with van der Waals surface area (Å²) in [6.07, 6.45) is 2.03. The summed E-state index contributed by atoms with van der Waals surface area (Å²) >= 11 is 8.17. The Morgan fingerprint density at radius 2 is 1.64 bits per heavy atom. The molecular formula is C28H21ClN2OS. The number of hydrogen-bond acceptors (Lipinski definition) is 2. The first-order chi connectivity index (χ1) is 16.1. The molecule has 162 valence electrons. The van der Waals surface area contributed by atoms with Crippen LogP contribution in [-0.2, 0) is 0 Å². The van der Waals surface area contributed by atoms with Crippen LogP contribution >= 0.6 is 23.4 Å². The Labute approximate surface area is 201 Å². The summed E-state index contributed by atoms with van der Waals surface area (Å²) in [4.78, 5) is 17.8. The maximum Gasteiger partial charge on any atom is 0.256 e. The number of halogens is 1. The number of carbonyl (C=O) groups excluding carboxylic acids is 1. The number of para-hydroxylation sites is 1. The summed E-state index contributed by atoms with van der Waals surface area (Å²) in [6, 6.07) is 31.6. The minimum Gasteiger partial charge on any atom is -0.354 e. The van der Waals surface area contributed by atoms with Crippen LogP contribution in [0.15, 0.2) is 102 Å². The lowest BCUT2D eigenvalue weighted by molar-refractivity contribution is 0.102. The number of H-pyrrole nitrogens is 1. The molecule has 0 fully saturated rings. The summed E-state index contributed by atoms with van der Waals surface area (Å²) in [5.74, 6) is -0.161. The van der Waals surface area contributed by atoms with Gasteiger partial charge in [-0.3, -0.25) is 4.79 Å². The average molecular weight is 469 g/mol. The Hall–Kier alpha value is -3.47. The predicted molar refractivity (Wildman–Crippen MR) is 140 cm³/mol. The second-order valence-corrected chi connectivity index (χ2v) is 8.98. The minimum atomic E-state index is -0.161. The molecule has 33 heavy (non-hydrogen) atoms. The van der Waals surface area contributed by atoms with Crippen LogP contribution in [0.4, 0.5) is 5.69 Å². The molecule has 1 aromatic heterocycles. The van der Waals surface area contributed by atoms with Gasteiger partial charge in [0, 0.05) is 38.3 Å². The number of carbonyl (C=O) groups is 1. The molecule has 0 aliphatic carbocycles. The molecule has 0 saturated heterocycles. The zero-order valence-electron chi connectivity index (χ0n) is 17.9. The van der Waals surface area contributed by atoms with Crippen LogP contribution in [0, 0.1) is 0 Å². The van der Waals surface area contributed by atoms with Gasteiger partial charge in [0.2, 0.25) is 0 Å². The minimum absolute atomic E-state index is 0.161. The number of hydrogen-bond donors (Lipinski definition) is 2. The summed E-state index contributed by atoms with van der Waals surface area (Å²) < 4.78 is 0. The van der Waals surface area contributed by atoms with Crippen molar-refractivity contribution in [2.75, 3.05) is 11.6 Å². The highest BCUT2D eigenvalue weighted by Crippen LogP contribution is 2.33. The van der Waals surface area contributed by atoms with Crippen molar-refractivity contribution in [1.82, 2.24) is 4.98 Å². The van der Waals surface area contributed by atoms with E-state index >= 15 is 0 Å². The Morgan fingerprint density at radius 3 is 2.42 bits per heavy atom. The third kappa shape index (κ3) is 4.40. The lowest BCUT2D eigenvalue weighted by Gasteiger charge is -2.13. The first-order valence-corrected chi connectivity index (χ1v) is 12.1. The Morgan fingerprint density at radius 1 is 0.848 bits per heavy atom. The van der Waals surface area contributed by atoms with Crippen molar-refractivity contribution in [2.45, 2.75) is 4.90 Å². The van der Waals surface area contributed by atoms with Crippen molar-refractivity contribution in [3.8, 4) is 22.4 Å². The highest BCUT2D eigenvalue weighted by Gasteiger charge is 2.15. The molecule has 0 unspecified atom stereocenters. The number of thioether (sulfide) groups is 1. The fraction of sp³-hybridized carbons (Fsp3) is 0.0357. The van der Waals surface area contributed by atoms with Crippen LogP contribution in [0.3, 0.4) is 0 Å². The molecule has 0 radical (unpaired) electrons. The molecule has 0 spiro atoms. The summed E-state index contributed by atoms with van der Waals surface area (Å²) in [5.41, 5.74) is 6.02. The van der Waals surface area contributed by atoms with E-state index in [4.69, 9.17) is 11.6 Å². The number of rotatable bonds is 5. The maximum atomic E-state index is 13.3. The molecule has 3 nitrogen and oxygen atoms in total. The first-order valence-electron chi connectivity index (χ1n) is 10.5. The van der Waals surface area contributed by atoms with E-state index in [0.29, 0.717) is 16.3 Å². The van der Waals surface area contributed by atoms with E-state index < -0.39 is 0 Å². The third-order valence-electron chi connectivity index (χ3n) is 5.60. The van der Waals surface area contributed by atoms with Crippen LogP contribution in [0.25, 0.3) is 33.3 Å². The predicted octanol–water partition coefficient (Wildman–Crippen LogP) is 8.13. The molecule has 2 N–H and O–H groups in total. The van der Waals surface area contributed by atoms with Gasteiger partial charge >= 0.3 is 0 Å². The number of fused-ring (bicyclic) bond motifs is 1. The smallest absolute Gasteiger partial charge is 0.256 e. The van der Waals surface area contributed by atoms with Crippen molar-refractivity contribution in [1.29, 1.82) is 0 Å². The topological polar surface area (TPSA) is 44.9 Å². The quantitative estimate of drug-likeness (QED) is 0.256. The molecule has 5 rings (SSSR count). The molecule has 5 aromatic rings. The molecule has 5 heteroatoms. The third-order valence-corrected chi connectivity index (χ3v) is 6.66. The number of benzene rings is 4. The SMILES string of the molecule is CSc1ccc(C(=O)Nc2ccc(Cl)c(-c3cc4ccccc4[nH]3)c2)c(-c2ccccc2)c1. The monoisotopic (exact) mass is 468 g/mol. The van der Waals surface area contributed by atoms with E-state index in [-0.39, 0.29) is 5.91 Å². The van der Waals surface area contributed by atoms with Crippen molar-refractivity contribution in [3.63, 3.8) is 0 Å². The van der Waals surface area contributed by atoms with Gasteiger partial charge in [0.1, 0.15) is 0 Å². The van der Waals surface area contributed by atoms with Gasteiger partial charge in [-0.25, -0.2) is 0 Å². The van der Waals surface area contributed by atoms with Crippen LogP contribution in [0.5, 0.6) is 0 Å². The second-order valence-electron chi connectivity index (χ2n) is 7.70. The number of anilines is 1. The molecule has 0 aliphatic rings. The normalized spacial score (nSPS) is 11.0. The summed E-state index contributed by atoms with van der Waals surface area (Å²) in [7, 11) is 0. The maximum absolute atomic E-state index is 13.3. The van der Waals surface area contributed by atoms with Gasteiger partial charge in [-0.2, -0.15) is 0 Å². The van der Waals surface area contributed by atoms with Crippen LogP contribution in [-0.4, -0.2) is 17.1 Å². The highest BCUT2D eigenvalue weighted by atomic mass is 35.5. The van der Waals surface area contributed by atoms with Gasteiger partial charge in [0.25, 0.3) is 5.91 Å². The molecule has 1 amide bonds. The molecule has 0 atom stereocenters. The standard InChI is InChI=1S/C28H21ClN2OS/c1-33-21-12-13-22(23(17-21)18-7-3-2-4-8-18)28(32)30-20-11-14-25(29)24(16-20)27-15-19-9-5-6-10-26(19)31-27/h2-17,31H,1H3,(H,30,32). The lowest BCUT2D eigenvalue weighted by Crippen LogP contribution is -2.13. The van der Waals surface area contributed by atoms with Crippen molar-refractivity contribution in [3.05, 3.63) is 108 Å². The van der Waals surface area contributed by atoms with Gasteiger partial charge in [-0.15, -0.1) is 11.8 Å². The Kier molecular flexibility index (Phi) is 5.95. The average Bonchev–Trinajstić information content (AvgIpc) is 3.29. The largest absolute Gasteiger partial charge is 0.354 e. The van der Waals surface area contributed by atoms with Crippen LogP contribution < -0.4 is 5.32 Å². The van der Waals surface area contributed by atoms with E-state index in [1.165, 1.54) is 0 Å².